The van der Waals surface area contributed by atoms with E-state index in [1.807, 2.05) is 24.3 Å². The maximum atomic E-state index is 6.27. The van der Waals surface area contributed by atoms with Crippen molar-refractivity contribution in [2.24, 2.45) is 5.73 Å². The molecule has 0 aliphatic carbocycles. The van der Waals surface area contributed by atoms with Crippen LogP contribution in [0.5, 0.6) is 0 Å². The zero-order valence-corrected chi connectivity index (χ0v) is 12.2. The molecule has 18 heavy (non-hydrogen) atoms. The molecule has 0 aliphatic heterocycles. The largest absolute Gasteiger partial charge is 0.383 e. The van der Waals surface area contributed by atoms with Crippen molar-refractivity contribution in [1.82, 2.24) is 4.90 Å². The normalized spacial score (nSPS) is 13.3. The number of hydrogen-bond donors (Lipinski definition) is 1. The van der Waals surface area contributed by atoms with Crippen molar-refractivity contribution < 1.29 is 4.74 Å². The second kappa shape index (κ2) is 7.74. The fourth-order valence-electron chi connectivity index (χ4n) is 2.16. The van der Waals surface area contributed by atoms with E-state index < -0.39 is 0 Å². The number of ether oxygens (including phenoxy) is 1. The number of nitrogens with two attached hydrogens (primary N) is 1. The lowest BCUT2D eigenvalue weighted by Crippen LogP contribution is -2.40. The average Bonchev–Trinajstić information content (AvgIpc) is 2.35. The van der Waals surface area contributed by atoms with Crippen LogP contribution in [0.15, 0.2) is 24.3 Å². The van der Waals surface area contributed by atoms with Crippen molar-refractivity contribution in [1.29, 1.82) is 0 Å². The van der Waals surface area contributed by atoms with Crippen molar-refractivity contribution in [2.75, 3.05) is 26.8 Å². The Bertz CT molecular complexity index is 357. The van der Waals surface area contributed by atoms with E-state index >= 15 is 0 Å². The standard InChI is InChI=1S/C14H23ClN2O/c1-11(2)17(8-9-18-3)14(10-16)12-6-4-5-7-13(12)15/h4-7,11,14H,8-10,16H2,1-3H3. The molecule has 1 aromatic carbocycles. The molecule has 2 N–H and O–H groups in total. The van der Waals surface area contributed by atoms with Gasteiger partial charge in [-0.15, -0.1) is 0 Å². The van der Waals surface area contributed by atoms with Crippen LogP contribution < -0.4 is 5.73 Å². The van der Waals surface area contributed by atoms with Crippen molar-refractivity contribution in [3.05, 3.63) is 34.9 Å². The second-order valence-corrected chi connectivity index (χ2v) is 5.00. The molecule has 0 aliphatic rings. The Morgan fingerprint density at radius 3 is 2.50 bits per heavy atom. The molecule has 1 atom stereocenters. The lowest BCUT2D eigenvalue weighted by atomic mass is 10.0. The summed E-state index contributed by atoms with van der Waals surface area (Å²) < 4.78 is 5.17. The van der Waals surface area contributed by atoms with Crippen LogP contribution in [-0.2, 0) is 4.74 Å². The predicted octanol–water partition coefficient (Wildman–Crippen LogP) is 2.70. The van der Waals surface area contributed by atoms with Gasteiger partial charge in [0, 0.05) is 37.3 Å². The summed E-state index contributed by atoms with van der Waals surface area (Å²) in [5.74, 6) is 0. The first-order valence-electron chi connectivity index (χ1n) is 6.31. The Kier molecular flexibility index (Phi) is 6.65. The summed E-state index contributed by atoms with van der Waals surface area (Å²) in [5.41, 5.74) is 7.03. The molecule has 0 aromatic heterocycles. The molecule has 0 heterocycles. The number of hydrogen-bond acceptors (Lipinski definition) is 3. The highest BCUT2D eigenvalue weighted by molar-refractivity contribution is 6.31. The van der Waals surface area contributed by atoms with Crippen molar-refractivity contribution in [2.45, 2.75) is 25.9 Å². The van der Waals surface area contributed by atoms with Gasteiger partial charge in [0.25, 0.3) is 0 Å². The molecular weight excluding hydrogens is 248 g/mol. The Hall–Kier alpha value is -0.610. The van der Waals surface area contributed by atoms with Crippen LogP contribution in [0.25, 0.3) is 0 Å². The number of nitrogens with zero attached hydrogens (tertiary/aromatic N) is 1. The first kappa shape index (κ1) is 15.4. The zero-order chi connectivity index (χ0) is 13.5. The van der Waals surface area contributed by atoms with Gasteiger partial charge in [0.2, 0.25) is 0 Å². The van der Waals surface area contributed by atoms with Crippen LogP contribution in [0.2, 0.25) is 5.02 Å². The lowest BCUT2D eigenvalue weighted by molar-refractivity contribution is 0.0980. The summed E-state index contributed by atoms with van der Waals surface area (Å²) in [6.45, 7) is 6.41. The molecule has 0 saturated carbocycles. The van der Waals surface area contributed by atoms with Gasteiger partial charge in [0.1, 0.15) is 0 Å². The lowest BCUT2D eigenvalue weighted by Gasteiger charge is -2.34. The highest BCUT2D eigenvalue weighted by atomic mass is 35.5. The van der Waals surface area contributed by atoms with E-state index in [1.54, 1.807) is 7.11 Å². The molecule has 0 radical (unpaired) electrons. The number of benzene rings is 1. The van der Waals surface area contributed by atoms with Crippen molar-refractivity contribution in [3.63, 3.8) is 0 Å². The van der Waals surface area contributed by atoms with Gasteiger partial charge in [0.15, 0.2) is 0 Å². The SMILES string of the molecule is COCCN(C(C)C)C(CN)c1ccccc1Cl. The molecule has 0 spiro atoms. The molecule has 3 nitrogen and oxygen atoms in total. The van der Waals surface area contributed by atoms with Gasteiger partial charge in [-0.2, -0.15) is 0 Å². The summed E-state index contributed by atoms with van der Waals surface area (Å²) in [4.78, 5) is 2.32. The Labute approximate surface area is 115 Å². The van der Waals surface area contributed by atoms with Gasteiger partial charge < -0.3 is 10.5 Å². The predicted molar refractivity (Wildman–Crippen MR) is 77.0 cm³/mol. The Morgan fingerprint density at radius 2 is 2.00 bits per heavy atom. The molecule has 4 heteroatoms. The van der Waals surface area contributed by atoms with Crippen LogP contribution >= 0.6 is 11.6 Å². The van der Waals surface area contributed by atoms with Gasteiger partial charge in [0.05, 0.1) is 6.61 Å². The van der Waals surface area contributed by atoms with E-state index in [2.05, 4.69) is 18.7 Å². The molecule has 102 valence electrons. The average molecular weight is 271 g/mol. The summed E-state index contributed by atoms with van der Waals surface area (Å²) >= 11 is 6.27. The molecule has 0 saturated heterocycles. The molecule has 0 bridgehead atoms. The highest BCUT2D eigenvalue weighted by Crippen LogP contribution is 2.27. The summed E-state index contributed by atoms with van der Waals surface area (Å²) in [6.07, 6.45) is 0. The van der Waals surface area contributed by atoms with Crippen LogP contribution in [0, 0.1) is 0 Å². The first-order valence-corrected chi connectivity index (χ1v) is 6.68. The van der Waals surface area contributed by atoms with Gasteiger partial charge in [-0.3, -0.25) is 4.90 Å². The number of methoxy groups -OCH3 is 1. The molecule has 1 rings (SSSR count). The van der Waals surface area contributed by atoms with E-state index in [4.69, 9.17) is 22.1 Å². The molecule has 0 fully saturated rings. The smallest absolute Gasteiger partial charge is 0.0590 e. The topological polar surface area (TPSA) is 38.5 Å². The zero-order valence-electron chi connectivity index (χ0n) is 11.4. The summed E-state index contributed by atoms with van der Waals surface area (Å²) in [7, 11) is 1.71. The highest BCUT2D eigenvalue weighted by Gasteiger charge is 2.22. The molecule has 0 amide bonds. The molecular formula is C14H23ClN2O. The third-order valence-electron chi connectivity index (χ3n) is 3.10. The monoisotopic (exact) mass is 270 g/mol. The van der Waals surface area contributed by atoms with Gasteiger partial charge in [-0.1, -0.05) is 29.8 Å². The fraction of sp³-hybridized carbons (Fsp3) is 0.571. The maximum Gasteiger partial charge on any atom is 0.0590 e. The Balaban J connectivity index is 2.95. The molecule has 1 unspecified atom stereocenters. The van der Waals surface area contributed by atoms with Gasteiger partial charge in [-0.25, -0.2) is 0 Å². The van der Waals surface area contributed by atoms with Gasteiger partial charge >= 0.3 is 0 Å². The Morgan fingerprint density at radius 1 is 1.33 bits per heavy atom. The minimum Gasteiger partial charge on any atom is -0.383 e. The van der Waals surface area contributed by atoms with Crippen molar-refractivity contribution in [3.8, 4) is 0 Å². The van der Waals surface area contributed by atoms with Crippen LogP contribution in [-0.4, -0.2) is 37.7 Å². The second-order valence-electron chi connectivity index (χ2n) is 4.60. The first-order chi connectivity index (χ1) is 8.61. The maximum absolute atomic E-state index is 6.27. The third kappa shape index (κ3) is 3.95. The minimum atomic E-state index is 0.133. The third-order valence-corrected chi connectivity index (χ3v) is 3.45. The van der Waals surface area contributed by atoms with Crippen LogP contribution in [0.4, 0.5) is 0 Å². The van der Waals surface area contributed by atoms with E-state index in [0.29, 0.717) is 19.2 Å². The van der Waals surface area contributed by atoms with Crippen molar-refractivity contribution >= 4 is 11.6 Å². The van der Waals surface area contributed by atoms with E-state index in [9.17, 15) is 0 Å². The quantitative estimate of drug-likeness (QED) is 0.828. The van der Waals surface area contributed by atoms with Crippen LogP contribution in [0.1, 0.15) is 25.5 Å². The minimum absolute atomic E-state index is 0.133. The fourth-order valence-corrected chi connectivity index (χ4v) is 2.42. The summed E-state index contributed by atoms with van der Waals surface area (Å²) in [5, 5.41) is 0.774. The molecule has 1 aromatic rings. The van der Waals surface area contributed by atoms with Gasteiger partial charge in [-0.05, 0) is 25.5 Å². The van der Waals surface area contributed by atoms with Crippen LogP contribution in [0.3, 0.4) is 0 Å². The number of halogens is 1. The van der Waals surface area contributed by atoms with E-state index in [0.717, 1.165) is 17.1 Å². The summed E-state index contributed by atoms with van der Waals surface area (Å²) in [6, 6.07) is 8.42. The van der Waals surface area contributed by atoms with E-state index in [-0.39, 0.29) is 6.04 Å². The van der Waals surface area contributed by atoms with E-state index in [1.165, 1.54) is 0 Å². The number of rotatable bonds is 7.